The Morgan fingerprint density at radius 1 is 0.892 bits per heavy atom. The van der Waals surface area contributed by atoms with Gasteiger partial charge in [-0.05, 0) is 221 Å². The SMILES string of the molecule is CNCc1cc(O)cc(C2CC3(C)C4C(CC56C(CO)CCC7CCC(CO)CC7C(CC(O)C7OC7(C)C7CCCC7c7cccc(N)c7)C7=C(CCC35)C6(C)CC7=O)NCC(C)(O)CCCCC4(C)C2=O)c1. The summed E-state index contributed by atoms with van der Waals surface area (Å²) in [4.78, 5) is 31.6. The number of hydrogen-bond acceptors (Lipinski definition) is 11. The van der Waals surface area contributed by atoms with Gasteiger partial charge in [0.25, 0.3) is 0 Å². The molecule has 9 aliphatic rings. The lowest BCUT2D eigenvalue weighted by atomic mass is 9.31. The van der Waals surface area contributed by atoms with Crippen molar-refractivity contribution in [2.75, 3.05) is 32.5 Å². The van der Waals surface area contributed by atoms with Crippen molar-refractivity contribution >= 4 is 17.3 Å². The molecule has 2 aliphatic heterocycles. The van der Waals surface area contributed by atoms with Gasteiger partial charge in [-0.25, -0.2) is 0 Å². The number of aliphatic hydroxyl groups excluding tert-OH is 3. The van der Waals surface area contributed by atoms with Crippen LogP contribution in [-0.4, -0.2) is 93.4 Å². The zero-order valence-electron chi connectivity index (χ0n) is 45.6. The van der Waals surface area contributed by atoms with Crippen LogP contribution in [-0.2, 0) is 20.9 Å². The Labute approximate surface area is 441 Å². The van der Waals surface area contributed by atoms with E-state index in [0.29, 0.717) is 57.5 Å². The maximum absolute atomic E-state index is 15.8. The molecule has 7 fully saturated rings. The highest BCUT2D eigenvalue weighted by Gasteiger charge is 2.75. The van der Waals surface area contributed by atoms with Gasteiger partial charge in [0, 0.05) is 61.2 Å². The van der Waals surface area contributed by atoms with E-state index in [-0.39, 0.29) is 90.0 Å². The van der Waals surface area contributed by atoms with Crippen molar-refractivity contribution in [3.05, 3.63) is 70.3 Å². The Kier molecular flexibility index (Phi) is 13.8. The Bertz CT molecular complexity index is 2510. The number of nitrogen functional groups attached to an aromatic ring is 1. The summed E-state index contributed by atoms with van der Waals surface area (Å²) in [6, 6.07) is 13.8. The number of fused-ring (bicyclic) bond motifs is 2. The minimum absolute atomic E-state index is 0.00175. The summed E-state index contributed by atoms with van der Waals surface area (Å²) >= 11 is 0. The van der Waals surface area contributed by atoms with Gasteiger partial charge < -0.3 is 46.6 Å². The zero-order chi connectivity index (χ0) is 52.3. The van der Waals surface area contributed by atoms with Crippen LogP contribution in [0.15, 0.2) is 53.6 Å². The van der Waals surface area contributed by atoms with Crippen LogP contribution in [0, 0.1) is 69.0 Å². The molecule has 11 heteroatoms. The van der Waals surface area contributed by atoms with Crippen LogP contribution in [0.2, 0.25) is 0 Å². The number of Topliss-reactive ketones (excluding diaryl/α,β-unsaturated/α-hetero) is 2. The molecule has 11 nitrogen and oxygen atoms in total. The van der Waals surface area contributed by atoms with Gasteiger partial charge in [-0.1, -0.05) is 63.8 Å². The number of ether oxygens (including phenoxy) is 1. The molecule has 19 unspecified atom stereocenters. The largest absolute Gasteiger partial charge is 0.508 e. The van der Waals surface area contributed by atoms with E-state index >= 15 is 9.59 Å². The van der Waals surface area contributed by atoms with Crippen molar-refractivity contribution in [3.8, 4) is 5.75 Å². The van der Waals surface area contributed by atoms with Crippen LogP contribution in [0.1, 0.15) is 179 Å². The smallest absolute Gasteiger partial charge is 0.160 e. The van der Waals surface area contributed by atoms with Gasteiger partial charge in [0.1, 0.15) is 17.6 Å². The number of nitrogens with one attached hydrogen (secondary N) is 2. The van der Waals surface area contributed by atoms with E-state index in [1.807, 2.05) is 32.2 Å². The maximum atomic E-state index is 15.8. The van der Waals surface area contributed by atoms with Crippen LogP contribution in [0.3, 0.4) is 0 Å². The molecular formula is C63H91N3O8. The van der Waals surface area contributed by atoms with Gasteiger partial charge in [0.05, 0.1) is 17.3 Å². The third-order valence-electron chi connectivity index (χ3n) is 23.5. The lowest BCUT2D eigenvalue weighted by molar-refractivity contribution is -0.226. The van der Waals surface area contributed by atoms with E-state index in [0.717, 1.165) is 99.4 Å². The Morgan fingerprint density at radius 3 is 2.43 bits per heavy atom. The molecule has 0 radical (unpaired) electrons. The molecule has 7 aliphatic carbocycles. The van der Waals surface area contributed by atoms with Crippen molar-refractivity contribution in [1.82, 2.24) is 10.6 Å². The molecule has 0 amide bonds. The number of aliphatic hydroxyl groups is 4. The molecule has 5 saturated carbocycles. The molecule has 4 bridgehead atoms. The topological polar surface area (TPSA) is 198 Å². The van der Waals surface area contributed by atoms with E-state index in [4.69, 9.17) is 10.5 Å². The summed E-state index contributed by atoms with van der Waals surface area (Å²) in [5.41, 5.74) is 8.57. The normalized spacial score (nSPS) is 45.5. The number of ketones is 2. The quantitative estimate of drug-likeness (QED) is 0.0834. The van der Waals surface area contributed by atoms with Gasteiger partial charge in [0.15, 0.2) is 5.78 Å². The highest BCUT2D eigenvalue weighted by Crippen LogP contribution is 2.78. The van der Waals surface area contributed by atoms with Crippen molar-refractivity contribution in [1.29, 1.82) is 0 Å². The summed E-state index contributed by atoms with van der Waals surface area (Å²) in [6.45, 7) is 12.3. The average molecular weight is 1020 g/mol. The second-order valence-corrected chi connectivity index (χ2v) is 27.5. The van der Waals surface area contributed by atoms with Crippen LogP contribution >= 0.6 is 0 Å². The van der Waals surface area contributed by atoms with Crippen LogP contribution in [0.4, 0.5) is 5.69 Å². The minimum atomic E-state index is -0.943. The molecule has 1 spiro atoms. The fraction of sp³-hybridized carbons (Fsp3) is 0.746. The van der Waals surface area contributed by atoms with Gasteiger partial charge in [-0.15, -0.1) is 0 Å². The highest BCUT2D eigenvalue weighted by atomic mass is 16.6. The molecule has 406 valence electrons. The van der Waals surface area contributed by atoms with E-state index in [1.54, 1.807) is 6.07 Å². The molecule has 9 N–H and O–H groups in total. The number of nitrogens with two attached hydrogens (primary N) is 1. The third-order valence-corrected chi connectivity index (χ3v) is 23.5. The first-order chi connectivity index (χ1) is 35.2. The molecular weight excluding hydrogens is 927 g/mol. The van der Waals surface area contributed by atoms with Crippen LogP contribution < -0.4 is 16.4 Å². The summed E-state index contributed by atoms with van der Waals surface area (Å²) in [7, 11) is 1.90. The first-order valence-electron chi connectivity index (χ1n) is 29.4. The number of rotatable bonds is 10. The monoisotopic (exact) mass is 1020 g/mol. The Hall–Kier alpha value is -3.16. The summed E-state index contributed by atoms with van der Waals surface area (Å²) in [6.07, 6.45) is 13.1. The van der Waals surface area contributed by atoms with Crippen LogP contribution in [0.5, 0.6) is 5.75 Å². The first kappa shape index (κ1) is 52.9. The van der Waals surface area contributed by atoms with E-state index in [1.165, 1.54) is 11.1 Å². The lowest BCUT2D eigenvalue weighted by Gasteiger charge is -2.73. The van der Waals surface area contributed by atoms with Crippen molar-refractivity contribution < 1.29 is 39.9 Å². The maximum Gasteiger partial charge on any atom is 0.160 e. The zero-order valence-corrected chi connectivity index (χ0v) is 45.6. The molecule has 19 atom stereocenters. The molecule has 11 rings (SSSR count). The molecule has 2 saturated heterocycles. The van der Waals surface area contributed by atoms with Crippen LogP contribution in [0.25, 0.3) is 0 Å². The van der Waals surface area contributed by atoms with Crippen molar-refractivity contribution in [2.24, 2.45) is 69.0 Å². The number of carbonyl (C=O) groups is 2. The fourth-order valence-electron chi connectivity index (χ4n) is 20.5. The summed E-state index contributed by atoms with van der Waals surface area (Å²) in [5, 5.41) is 66.4. The Balaban J connectivity index is 1.03. The van der Waals surface area contributed by atoms with Gasteiger partial charge in [0.2, 0.25) is 0 Å². The predicted molar refractivity (Wildman–Crippen MR) is 288 cm³/mol. The number of anilines is 1. The van der Waals surface area contributed by atoms with Crippen molar-refractivity contribution in [3.63, 3.8) is 0 Å². The summed E-state index contributed by atoms with van der Waals surface area (Å²) in [5.74, 6) is 0.861. The number of allylic oxidation sites excluding steroid dienone is 2. The molecule has 2 aromatic carbocycles. The fourth-order valence-corrected chi connectivity index (χ4v) is 20.5. The molecule has 0 aromatic heterocycles. The second-order valence-electron chi connectivity index (χ2n) is 27.5. The van der Waals surface area contributed by atoms with E-state index in [9.17, 15) is 25.5 Å². The minimum Gasteiger partial charge on any atom is -0.508 e. The third kappa shape index (κ3) is 8.35. The number of phenolic OH excluding ortho intramolecular Hbond substituents is 1. The Morgan fingerprint density at radius 2 is 1.68 bits per heavy atom. The number of epoxide rings is 1. The first-order valence-corrected chi connectivity index (χ1v) is 29.4. The number of carbonyl (C=O) groups excluding carboxylic acids is 2. The summed E-state index contributed by atoms with van der Waals surface area (Å²) < 4.78 is 6.77. The standard InChI is InChI=1S/C63H91N3O8/c1-58(73)21-7-8-22-59(2)55-50(66-35-58)30-63-41(34-68)18-17-38-16-15-36(33-67)25-45(38)46(28-51(70)57-62(5,74-57)48-14-10-13-44(48)39-11-9-12-42(64)26-39)54-49(61(63,4)31-52(54)71)19-20-53(63)60(55,3)29-47(56(59)72)40-23-37(32-65-6)24-43(69)27-40/h9,11-12,23-24,26-27,36,38,41,44-48,50-51,53,55,57,65-70,73H,7-8,10,13-22,25,28-35,64H2,1-6H3. The number of phenols is 1. The van der Waals surface area contributed by atoms with Gasteiger partial charge >= 0.3 is 0 Å². The number of hydrogen-bond donors (Lipinski definition) is 8. The molecule has 2 heterocycles. The van der Waals surface area contributed by atoms with Crippen molar-refractivity contribution in [2.45, 2.75) is 198 Å². The number of β-amino-alcohol motifs (C(OH)–C–C–N with tert-alkyl or cyclic N) is 1. The van der Waals surface area contributed by atoms with E-state index < -0.39 is 44.9 Å². The average Bonchev–Trinajstić information content (AvgIpc) is 3.69. The molecule has 74 heavy (non-hydrogen) atoms. The number of benzene rings is 2. The lowest BCUT2D eigenvalue weighted by Crippen LogP contribution is -2.73. The van der Waals surface area contributed by atoms with E-state index in [2.05, 4.69) is 56.5 Å². The number of aromatic hydroxyl groups is 1. The predicted octanol–water partition coefficient (Wildman–Crippen LogP) is 9.27. The highest BCUT2D eigenvalue weighted by molar-refractivity contribution is 6.01. The second kappa shape index (κ2) is 19.3. The van der Waals surface area contributed by atoms with Gasteiger partial charge in [-0.2, -0.15) is 0 Å². The van der Waals surface area contributed by atoms with Gasteiger partial charge in [-0.3, -0.25) is 9.59 Å². The molecule has 2 aromatic rings.